The lowest BCUT2D eigenvalue weighted by molar-refractivity contribution is -0.132. The van der Waals surface area contributed by atoms with Crippen molar-refractivity contribution in [1.82, 2.24) is 10.6 Å². The van der Waals surface area contributed by atoms with Crippen LogP contribution in [0.15, 0.2) is 59.1 Å². The van der Waals surface area contributed by atoms with E-state index in [2.05, 4.69) is 26.6 Å². The zero-order valence-corrected chi connectivity index (χ0v) is 15.7. The third-order valence-corrected chi connectivity index (χ3v) is 4.09. The lowest BCUT2D eigenvalue weighted by Gasteiger charge is -2.18. The predicted octanol–water partition coefficient (Wildman–Crippen LogP) is 3.04. The number of ether oxygens (including phenoxy) is 1. The summed E-state index contributed by atoms with van der Waals surface area (Å²) in [5.74, 6) is 0.00496. The van der Waals surface area contributed by atoms with Crippen molar-refractivity contribution in [3.05, 3.63) is 64.6 Å². The largest absolute Gasteiger partial charge is 0.481 e. The third-order valence-electron chi connectivity index (χ3n) is 3.56. The molecular weight excluding hydrogens is 384 g/mol. The zero-order chi connectivity index (χ0) is 18.2. The van der Waals surface area contributed by atoms with E-state index in [1.807, 2.05) is 42.5 Å². The van der Waals surface area contributed by atoms with E-state index in [1.54, 1.807) is 26.0 Å². The molecular formula is C19H21BrN2O3. The minimum Gasteiger partial charge on any atom is -0.481 e. The lowest BCUT2D eigenvalue weighted by atomic mass is 10.2. The molecule has 0 aliphatic heterocycles. The monoisotopic (exact) mass is 404 g/mol. The molecule has 2 unspecified atom stereocenters. The van der Waals surface area contributed by atoms with E-state index < -0.39 is 12.1 Å². The standard InChI is InChI=1S/C19H21BrN2O3/c1-13(18(23)21-12-15-6-4-3-5-7-15)22-19(24)14(2)25-17-10-8-16(20)9-11-17/h3-11,13-14H,12H2,1-2H3,(H,21,23)(H,22,24). The van der Waals surface area contributed by atoms with E-state index >= 15 is 0 Å². The second-order valence-corrected chi connectivity index (χ2v) is 6.56. The summed E-state index contributed by atoms with van der Waals surface area (Å²) < 4.78 is 6.51. The number of hydrogen-bond acceptors (Lipinski definition) is 3. The number of carbonyl (C=O) groups excluding carboxylic acids is 2. The Labute approximate surface area is 155 Å². The molecule has 0 aliphatic rings. The molecule has 0 saturated heterocycles. The average molecular weight is 405 g/mol. The van der Waals surface area contributed by atoms with Gasteiger partial charge in [0.15, 0.2) is 6.10 Å². The van der Waals surface area contributed by atoms with Gasteiger partial charge in [-0.2, -0.15) is 0 Å². The Kier molecular flexibility index (Phi) is 7.01. The second-order valence-electron chi connectivity index (χ2n) is 5.65. The smallest absolute Gasteiger partial charge is 0.261 e. The van der Waals surface area contributed by atoms with Crippen LogP contribution in [0.4, 0.5) is 0 Å². The number of halogens is 1. The van der Waals surface area contributed by atoms with E-state index in [4.69, 9.17) is 4.74 Å². The van der Waals surface area contributed by atoms with E-state index in [0.29, 0.717) is 12.3 Å². The summed E-state index contributed by atoms with van der Waals surface area (Å²) in [6, 6.07) is 16.2. The fourth-order valence-corrected chi connectivity index (χ4v) is 2.37. The Hall–Kier alpha value is -2.34. The summed E-state index contributed by atoms with van der Waals surface area (Å²) in [4.78, 5) is 24.3. The first-order valence-electron chi connectivity index (χ1n) is 8.00. The molecule has 2 aromatic rings. The Balaban J connectivity index is 1.79. The van der Waals surface area contributed by atoms with Crippen LogP contribution in [0.5, 0.6) is 5.75 Å². The zero-order valence-electron chi connectivity index (χ0n) is 14.2. The minimum absolute atomic E-state index is 0.243. The van der Waals surface area contributed by atoms with Crippen LogP contribution in [0.25, 0.3) is 0 Å². The molecule has 0 aromatic heterocycles. The molecule has 6 heteroatoms. The highest BCUT2D eigenvalue weighted by atomic mass is 79.9. The fourth-order valence-electron chi connectivity index (χ4n) is 2.11. The van der Waals surface area contributed by atoms with Crippen LogP contribution < -0.4 is 15.4 Å². The second kappa shape index (κ2) is 9.22. The molecule has 132 valence electrons. The van der Waals surface area contributed by atoms with Crippen molar-refractivity contribution in [2.24, 2.45) is 0 Å². The van der Waals surface area contributed by atoms with Gasteiger partial charge < -0.3 is 15.4 Å². The minimum atomic E-state index is -0.703. The van der Waals surface area contributed by atoms with Gasteiger partial charge in [0.2, 0.25) is 5.91 Å². The van der Waals surface area contributed by atoms with Crippen molar-refractivity contribution >= 4 is 27.7 Å². The van der Waals surface area contributed by atoms with Gasteiger partial charge in [0, 0.05) is 11.0 Å². The summed E-state index contributed by atoms with van der Waals surface area (Å²) in [5, 5.41) is 5.46. The van der Waals surface area contributed by atoms with Crippen molar-refractivity contribution in [2.75, 3.05) is 0 Å². The van der Waals surface area contributed by atoms with E-state index in [-0.39, 0.29) is 11.8 Å². The Morgan fingerprint density at radius 3 is 2.28 bits per heavy atom. The van der Waals surface area contributed by atoms with Gasteiger partial charge in [0.1, 0.15) is 11.8 Å². The summed E-state index contributed by atoms with van der Waals surface area (Å²) >= 11 is 3.34. The van der Waals surface area contributed by atoms with Gasteiger partial charge in [0.25, 0.3) is 5.91 Å². The highest BCUT2D eigenvalue weighted by Crippen LogP contribution is 2.17. The summed E-state index contributed by atoms with van der Waals surface area (Å²) in [6.07, 6.45) is -0.703. The molecule has 0 bridgehead atoms. The Morgan fingerprint density at radius 2 is 1.64 bits per heavy atom. The summed E-state index contributed by atoms with van der Waals surface area (Å²) in [5.41, 5.74) is 1.00. The van der Waals surface area contributed by atoms with Crippen molar-refractivity contribution in [3.8, 4) is 5.75 Å². The maximum absolute atomic E-state index is 12.2. The van der Waals surface area contributed by atoms with Crippen LogP contribution in [-0.2, 0) is 16.1 Å². The molecule has 0 saturated carbocycles. The predicted molar refractivity (Wildman–Crippen MR) is 100 cm³/mol. The molecule has 0 radical (unpaired) electrons. The molecule has 25 heavy (non-hydrogen) atoms. The van der Waals surface area contributed by atoms with Crippen LogP contribution in [-0.4, -0.2) is 24.0 Å². The van der Waals surface area contributed by atoms with Crippen LogP contribution in [0.1, 0.15) is 19.4 Å². The highest BCUT2D eigenvalue weighted by molar-refractivity contribution is 9.10. The van der Waals surface area contributed by atoms with Gasteiger partial charge in [-0.15, -0.1) is 0 Å². The van der Waals surface area contributed by atoms with E-state index in [9.17, 15) is 9.59 Å². The summed E-state index contributed by atoms with van der Waals surface area (Å²) in [7, 11) is 0. The SMILES string of the molecule is CC(NC(=O)C(C)Oc1ccc(Br)cc1)C(=O)NCc1ccccc1. The van der Waals surface area contributed by atoms with Gasteiger partial charge >= 0.3 is 0 Å². The molecule has 0 heterocycles. The third kappa shape index (κ3) is 6.23. The van der Waals surface area contributed by atoms with E-state index in [0.717, 1.165) is 10.0 Å². The van der Waals surface area contributed by atoms with Crippen LogP contribution in [0.3, 0.4) is 0 Å². The quantitative estimate of drug-likeness (QED) is 0.744. The first-order chi connectivity index (χ1) is 12.0. The normalized spacial score (nSPS) is 12.8. The number of amides is 2. The Morgan fingerprint density at radius 1 is 1.00 bits per heavy atom. The van der Waals surface area contributed by atoms with Gasteiger partial charge in [-0.3, -0.25) is 9.59 Å². The number of rotatable bonds is 7. The Bertz CT molecular complexity index is 704. The van der Waals surface area contributed by atoms with Crippen LogP contribution in [0, 0.1) is 0 Å². The highest BCUT2D eigenvalue weighted by Gasteiger charge is 2.20. The van der Waals surface area contributed by atoms with Crippen molar-refractivity contribution in [3.63, 3.8) is 0 Å². The molecule has 0 aliphatic carbocycles. The summed E-state index contributed by atoms with van der Waals surface area (Å²) in [6.45, 7) is 3.71. The van der Waals surface area contributed by atoms with E-state index in [1.165, 1.54) is 0 Å². The van der Waals surface area contributed by atoms with Gasteiger partial charge in [-0.25, -0.2) is 0 Å². The van der Waals surface area contributed by atoms with Crippen molar-refractivity contribution in [1.29, 1.82) is 0 Å². The molecule has 2 aromatic carbocycles. The van der Waals surface area contributed by atoms with Crippen LogP contribution >= 0.6 is 15.9 Å². The number of carbonyl (C=O) groups is 2. The lowest BCUT2D eigenvalue weighted by Crippen LogP contribution is -2.48. The average Bonchev–Trinajstić information content (AvgIpc) is 2.62. The molecule has 2 N–H and O–H groups in total. The fraction of sp³-hybridized carbons (Fsp3) is 0.263. The number of nitrogens with one attached hydrogen (secondary N) is 2. The number of benzene rings is 2. The molecule has 2 atom stereocenters. The van der Waals surface area contributed by atoms with Crippen LogP contribution in [0.2, 0.25) is 0 Å². The molecule has 0 spiro atoms. The van der Waals surface area contributed by atoms with Gasteiger partial charge in [0.05, 0.1) is 0 Å². The maximum atomic E-state index is 12.2. The van der Waals surface area contributed by atoms with Gasteiger partial charge in [-0.05, 0) is 43.7 Å². The molecule has 2 rings (SSSR count). The topological polar surface area (TPSA) is 67.4 Å². The molecule has 2 amide bonds. The van der Waals surface area contributed by atoms with Crippen molar-refractivity contribution < 1.29 is 14.3 Å². The maximum Gasteiger partial charge on any atom is 0.261 e. The first kappa shape index (κ1) is 19.0. The molecule has 0 fully saturated rings. The first-order valence-corrected chi connectivity index (χ1v) is 8.79. The van der Waals surface area contributed by atoms with Crippen molar-refractivity contribution in [2.45, 2.75) is 32.5 Å². The molecule has 5 nitrogen and oxygen atoms in total. The van der Waals surface area contributed by atoms with Gasteiger partial charge in [-0.1, -0.05) is 46.3 Å². The number of hydrogen-bond donors (Lipinski definition) is 2.